The maximum absolute atomic E-state index is 10.9. The van der Waals surface area contributed by atoms with E-state index >= 15 is 0 Å². The second kappa shape index (κ2) is 8.43. The van der Waals surface area contributed by atoms with Gasteiger partial charge in [0.15, 0.2) is 0 Å². The van der Waals surface area contributed by atoms with Crippen molar-refractivity contribution in [1.82, 2.24) is 0 Å². The van der Waals surface area contributed by atoms with Crippen LogP contribution in [0, 0.1) is 10.1 Å². The smallest absolute Gasteiger partial charge is 0.288 e. The van der Waals surface area contributed by atoms with Gasteiger partial charge in [0.2, 0.25) is 0 Å². The number of rotatable bonds is 7. The van der Waals surface area contributed by atoms with Gasteiger partial charge < -0.3 is 10.2 Å². The van der Waals surface area contributed by atoms with Gasteiger partial charge in [-0.2, -0.15) is 0 Å². The topological polar surface area (TPSA) is 64.2 Å². The highest BCUT2D eigenvalue weighted by Crippen LogP contribution is 2.24. The molecule has 0 bridgehead atoms. The standard InChI is InChI=1S/C19H22ClN3O2/c20-18-8-7-17(11-19(18)23(24)25)13-21-12-15-3-5-16(6-4-15)14-22-9-1-2-10-22/h3-8,11,21H,1-2,9-10,12-14H2/p+2. The van der Waals surface area contributed by atoms with Crippen LogP contribution in [0.25, 0.3) is 0 Å². The van der Waals surface area contributed by atoms with Gasteiger partial charge in [-0.25, -0.2) is 0 Å². The lowest BCUT2D eigenvalue weighted by atomic mass is 10.1. The van der Waals surface area contributed by atoms with E-state index in [1.54, 1.807) is 17.0 Å². The Kier molecular flexibility index (Phi) is 6.02. The third-order valence-electron chi connectivity index (χ3n) is 4.76. The molecule has 1 aliphatic rings. The number of benzene rings is 2. The van der Waals surface area contributed by atoms with Crippen LogP contribution >= 0.6 is 11.6 Å². The molecule has 0 saturated carbocycles. The molecule has 6 heteroatoms. The van der Waals surface area contributed by atoms with Gasteiger partial charge in [0.1, 0.15) is 24.7 Å². The molecule has 0 amide bonds. The lowest BCUT2D eigenvalue weighted by molar-refractivity contribution is -0.901. The zero-order chi connectivity index (χ0) is 17.6. The Morgan fingerprint density at radius 3 is 2.28 bits per heavy atom. The van der Waals surface area contributed by atoms with E-state index in [1.807, 2.05) is 6.07 Å². The molecule has 132 valence electrons. The predicted molar refractivity (Wildman–Crippen MR) is 97.5 cm³/mol. The minimum Gasteiger partial charge on any atom is -0.339 e. The first kappa shape index (κ1) is 17.9. The molecule has 1 saturated heterocycles. The third-order valence-corrected chi connectivity index (χ3v) is 5.07. The summed E-state index contributed by atoms with van der Waals surface area (Å²) in [7, 11) is 0. The van der Waals surface area contributed by atoms with Crippen LogP contribution in [0.1, 0.15) is 29.5 Å². The third kappa shape index (κ3) is 5.01. The summed E-state index contributed by atoms with van der Waals surface area (Å²) in [5.41, 5.74) is 3.55. The van der Waals surface area contributed by atoms with Crippen LogP contribution in [0.4, 0.5) is 5.69 Å². The first-order chi connectivity index (χ1) is 12.1. The van der Waals surface area contributed by atoms with Gasteiger partial charge in [0.05, 0.1) is 18.0 Å². The van der Waals surface area contributed by atoms with Gasteiger partial charge in [0, 0.05) is 35.6 Å². The monoisotopic (exact) mass is 361 g/mol. The first-order valence-corrected chi connectivity index (χ1v) is 9.15. The van der Waals surface area contributed by atoms with E-state index < -0.39 is 4.92 Å². The van der Waals surface area contributed by atoms with Crippen molar-refractivity contribution in [2.75, 3.05) is 13.1 Å². The Hall–Kier alpha value is -1.95. The Morgan fingerprint density at radius 2 is 1.60 bits per heavy atom. The number of nitro benzene ring substituents is 1. The van der Waals surface area contributed by atoms with E-state index in [2.05, 4.69) is 29.6 Å². The first-order valence-electron chi connectivity index (χ1n) is 8.77. The molecule has 0 aromatic heterocycles. The van der Waals surface area contributed by atoms with Crippen molar-refractivity contribution in [1.29, 1.82) is 0 Å². The highest BCUT2D eigenvalue weighted by atomic mass is 35.5. The van der Waals surface area contributed by atoms with Crippen molar-refractivity contribution in [3.8, 4) is 0 Å². The molecule has 2 aromatic rings. The molecule has 1 fully saturated rings. The Labute approximate surface area is 152 Å². The Bertz CT molecular complexity index is 728. The van der Waals surface area contributed by atoms with Crippen LogP contribution in [0.15, 0.2) is 42.5 Å². The largest absolute Gasteiger partial charge is 0.339 e. The van der Waals surface area contributed by atoms with E-state index in [9.17, 15) is 10.1 Å². The average Bonchev–Trinajstić information content (AvgIpc) is 3.11. The van der Waals surface area contributed by atoms with Crippen molar-refractivity contribution in [3.05, 3.63) is 74.3 Å². The molecule has 3 rings (SSSR count). The molecular formula is C19H24ClN3O2+2. The summed E-state index contributed by atoms with van der Waals surface area (Å²) in [6, 6.07) is 13.8. The number of nitrogens with two attached hydrogens (primary N) is 1. The normalized spacial score (nSPS) is 14.8. The Balaban J connectivity index is 1.50. The van der Waals surface area contributed by atoms with Crippen molar-refractivity contribution < 1.29 is 15.1 Å². The maximum atomic E-state index is 10.9. The summed E-state index contributed by atoms with van der Waals surface area (Å²) in [5, 5.41) is 13.3. The second-order valence-corrected chi connectivity index (χ2v) is 7.10. The lowest BCUT2D eigenvalue weighted by Gasteiger charge is -2.12. The van der Waals surface area contributed by atoms with E-state index in [4.69, 9.17) is 11.6 Å². The van der Waals surface area contributed by atoms with Crippen LogP contribution in [-0.4, -0.2) is 18.0 Å². The highest BCUT2D eigenvalue weighted by molar-refractivity contribution is 6.32. The summed E-state index contributed by atoms with van der Waals surface area (Å²) < 4.78 is 0. The molecule has 1 aliphatic heterocycles. The summed E-state index contributed by atoms with van der Waals surface area (Å²) in [4.78, 5) is 12.2. The van der Waals surface area contributed by atoms with Crippen LogP contribution in [0.3, 0.4) is 0 Å². The summed E-state index contributed by atoms with van der Waals surface area (Å²) in [6.07, 6.45) is 2.70. The summed E-state index contributed by atoms with van der Waals surface area (Å²) >= 11 is 5.84. The fourth-order valence-electron chi connectivity index (χ4n) is 3.36. The highest BCUT2D eigenvalue weighted by Gasteiger charge is 2.15. The number of likely N-dealkylation sites (tertiary alicyclic amines) is 1. The zero-order valence-electron chi connectivity index (χ0n) is 14.2. The van der Waals surface area contributed by atoms with Crippen LogP contribution in [-0.2, 0) is 19.6 Å². The van der Waals surface area contributed by atoms with Crippen molar-refractivity contribution in [2.24, 2.45) is 0 Å². The number of hydrogen-bond acceptors (Lipinski definition) is 2. The van der Waals surface area contributed by atoms with Gasteiger partial charge >= 0.3 is 0 Å². The molecule has 0 aliphatic carbocycles. The zero-order valence-corrected chi connectivity index (χ0v) is 15.0. The van der Waals surface area contributed by atoms with E-state index in [-0.39, 0.29) is 10.7 Å². The van der Waals surface area contributed by atoms with Crippen molar-refractivity contribution >= 4 is 17.3 Å². The van der Waals surface area contributed by atoms with Gasteiger partial charge in [-0.3, -0.25) is 10.1 Å². The molecular weight excluding hydrogens is 338 g/mol. The fraction of sp³-hybridized carbons (Fsp3) is 0.368. The van der Waals surface area contributed by atoms with E-state index in [1.165, 1.54) is 37.1 Å². The summed E-state index contributed by atoms with van der Waals surface area (Å²) in [6.45, 7) is 5.26. The van der Waals surface area contributed by atoms with E-state index in [0.29, 0.717) is 6.54 Å². The Morgan fingerprint density at radius 1 is 1.00 bits per heavy atom. The molecule has 5 nitrogen and oxygen atoms in total. The summed E-state index contributed by atoms with van der Waals surface area (Å²) in [5.74, 6) is 0. The quantitative estimate of drug-likeness (QED) is 0.582. The molecule has 0 atom stereocenters. The molecule has 0 spiro atoms. The van der Waals surface area contributed by atoms with Crippen LogP contribution in [0.2, 0.25) is 5.02 Å². The lowest BCUT2D eigenvalue weighted by Crippen LogP contribution is -3.08. The van der Waals surface area contributed by atoms with Crippen LogP contribution in [0.5, 0.6) is 0 Å². The number of hydrogen-bond donors (Lipinski definition) is 2. The fourth-order valence-corrected chi connectivity index (χ4v) is 3.55. The molecule has 0 unspecified atom stereocenters. The second-order valence-electron chi connectivity index (χ2n) is 6.69. The molecule has 2 aromatic carbocycles. The van der Waals surface area contributed by atoms with E-state index in [0.717, 1.165) is 18.7 Å². The molecule has 25 heavy (non-hydrogen) atoms. The van der Waals surface area contributed by atoms with Gasteiger partial charge in [-0.1, -0.05) is 41.9 Å². The van der Waals surface area contributed by atoms with Gasteiger partial charge in [-0.05, 0) is 6.07 Å². The van der Waals surface area contributed by atoms with Gasteiger partial charge in [-0.15, -0.1) is 0 Å². The predicted octanol–water partition coefficient (Wildman–Crippen LogP) is 1.69. The SMILES string of the molecule is O=[N+]([O-])c1cc(C[NH2+]Cc2ccc(C[NH+]3CCCC3)cc2)ccc1Cl. The number of quaternary nitrogens is 2. The van der Waals surface area contributed by atoms with Crippen molar-refractivity contribution in [3.63, 3.8) is 0 Å². The molecule has 3 N–H and O–H groups in total. The number of nitro groups is 1. The number of halogens is 1. The number of nitrogens with one attached hydrogen (secondary N) is 1. The number of nitrogens with zero attached hydrogens (tertiary/aromatic N) is 1. The minimum atomic E-state index is -0.438. The van der Waals surface area contributed by atoms with Crippen LogP contribution < -0.4 is 10.2 Å². The maximum Gasteiger partial charge on any atom is 0.288 e. The molecule has 1 heterocycles. The average molecular weight is 362 g/mol. The van der Waals surface area contributed by atoms with Crippen molar-refractivity contribution in [2.45, 2.75) is 32.5 Å². The minimum absolute atomic E-state index is 0.0265. The molecule has 0 radical (unpaired) electrons. The van der Waals surface area contributed by atoms with Gasteiger partial charge in [0.25, 0.3) is 5.69 Å².